The SMILES string of the molecule is O=C1CC(c2nc3ccccc3n2CC(=O)N(C2CCCCC2)C2CCCCC2)CN1c1ccc2c(c1)OCO2. The number of benzene rings is 2. The molecule has 3 aromatic rings. The second-order valence-electron chi connectivity index (χ2n) is 11.9. The molecule has 4 aliphatic rings. The van der Waals surface area contributed by atoms with Crippen molar-refractivity contribution in [2.45, 2.75) is 95.2 Å². The molecule has 2 aliphatic carbocycles. The molecule has 0 radical (unpaired) electrons. The molecule has 40 heavy (non-hydrogen) atoms. The van der Waals surface area contributed by atoms with Gasteiger partial charge in [0.15, 0.2) is 11.5 Å². The van der Waals surface area contributed by atoms with Crippen LogP contribution in [0.5, 0.6) is 11.5 Å². The summed E-state index contributed by atoms with van der Waals surface area (Å²) in [7, 11) is 0. The molecule has 3 heterocycles. The number of rotatable bonds is 6. The third-order valence-corrected chi connectivity index (χ3v) is 9.36. The fourth-order valence-corrected chi connectivity index (χ4v) is 7.40. The van der Waals surface area contributed by atoms with Crippen molar-refractivity contribution in [1.82, 2.24) is 14.5 Å². The highest BCUT2D eigenvalue weighted by atomic mass is 16.7. The van der Waals surface area contributed by atoms with Gasteiger partial charge in [0, 0.05) is 42.7 Å². The predicted molar refractivity (Wildman–Crippen MR) is 153 cm³/mol. The molecular formula is C32H38N4O4. The van der Waals surface area contributed by atoms with E-state index < -0.39 is 0 Å². The summed E-state index contributed by atoms with van der Waals surface area (Å²) >= 11 is 0. The lowest BCUT2D eigenvalue weighted by Crippen LogP contribution is -2.50. The summed E-state index contributed by atoms with van der Waals surface area (Å²) < 4.78 is 13.1. The number of carbonyl (C=O) groups is 2. The Morgan fingerprint density at radius 2 is 1.60 bits per heavy atom. The topological polar surface area (TPSA) is 76.9 Å². The number of hydrogen-bond donors (Lipinski definition) is 0. The predicted octanol–water partition coefficient (Wildman–Crippen LogP) is 5.78. The van der Waals surface area contributed by atoms with E-state index >= 15 is 0 Å². The van der Waals surface area contributed by atoms with E-state index in [0.717, 1.165) is 48.2 Å². The van der Waals surface area contributed by atoms with Gasteiger partial charge in [-0.15, -0.1) is 0 Å². The van der Waals surface area contributed by atoms with Gasteiger partial charge in [-0.3, -0.25) is 9.59 Å². The molecule has 1 unspecified atom stereocenters. The van der Waals surface area contributed by atoms with Crippen LogP contribution in [0.15, 0.2) is 42.5 Å². The fourth-order valence-electron chi connectivity index (χ4n) is 7.40. The van der Waals surface area contributed by atoms with Gasteiger partial charge in [-0.05, 0) is 49.9 Å². The van der Waals surface area contributed by atoms with Gasteiger partial charge >= 0.3 is 0 Å². The molecular weight excluding hydrogens is 504 g/mol. The van der Waals surface area contributed by atoms with Crippen LogP contribution in [-0.4, -0.2) is 51.7 Å². The molecule has 7 rings (SSSR count). The molecule has 0 N–H and O–H groups in total. The largest absolute Gasteiger partial charge is 0.454 e. The fraction of sp³-hybridized carbons (Fsp3) is 0.531. The lowest BCUT2D eigenvalue weighted by atomic mass is 9.88. The first kappa shape index (κ1) is 25.4. The highest BCUT2D eigenvalue weighted by Crippen LogP contribution is 2.39. The van der Waals surface area contributed by atoms with Crippen molar-refractivity contribution in [3.63, 3.8) is 0 Å². The molecule has 1 aromatic heterocycles. The number of imidazole rings is 1. The first-order valence-electron chi connectivity index (χ1n) is 15.1. The van der Waals surface area contributed by atoms with Crippen molar-refractivity contribution < 1.29 is 19.1 Å². The van der Waals surface area contributed by atoms with E-state index in [1.54, 1.807) is 0 Å². The maximum Gasteiger partial charge on any atom is 0.243 e. The van der Waals surface area contributed by atoms with Gasteiger partial charge in [-0.2, -0.15) is 0 Å². The third-order valence-electron chi connectivity index (χ3n) is 9.36. The molecule has 3 fully saturated rings. The van der Waals surface area contributed by atoms with Crippen LogP contribution >= 0.6 is 0 Å². The number of hydrogen-bond acceptors (Lipinski definition) is 5. The van der Waals surface area contributed by atoms with Crippen LogP contribution in [0.3, 0.4) is 0 Å². The second-order valence-corrected chi connectivity index (χ2v) is 11.9. The molecule has 2 amide bonds. The van der Waals surface area contributed by atoms with Crippen molar-refractivity contribution in [3.8, 4) is 11.5 Å². The van der Waals surface area contributed by atoms with Crippen molar-refractivity contribution in [1.29, 1.82) is 0 Å². The van der Waals surface area contributed by atoms with E-state index in [4.69, 9.17) is 14.5 Å². The average Bonchev–Trinajstić information content (AvgIpc) is 3.71. The summed E-state index contributed by atoms with van der Waals surface area (Å²) in [4.78, 5) is 36.6. The monoisotopic (exact) mass is 542 g/mol. The Morgan fingerprint density at radius 1 is 0.900 bits per heavy atom. The summed E-state index contributed by atoms with van der Waals surface area (Å²) in [5.41, 5.74) is 2.64. The van der Waals surface area contributed by atoms with Gasteiger partial charge in [-0.1, -0.05) is 50.7 Å². The van der Waals surface area contributed by atoms with E-state index in [1.165, 1.54) is 38.5 Å². The lowest BCUT2D eigenvalue weighted by Gasteiger charge is -2.42. The molecule has 1 saturated heterocycles. The molecule has 0 bridgehead atoms. The number of anilines is 1. The first-order chi connectivity index (χ1) is 19.7. The second kappa shape index (κ2) is 10.8. The lowest BCUT2D eigenvalue weighted by molar-refractivity contribution is -0.138. The summed E-state index contributed by atoms with van der Waals surface area (Å²) in [5, 5.41) is 0. The van der Waals surface area contributed by atoms with Gasteiger partial charge in [0.1, 0.15) is 12.4 Å². The Bertz CT molecular complexity index is 1390. The summed E-state index contributed by atoms with van der Waals surface area (Å²) in [6, 6.07) is 14.4. The number of para-hydroxylation sites is 2. The molecule has 210 valence electrons. The Morgan fingerprint density at radius 3 is 2.35 bits per heavy atom. The highest BCUT2D eigenvalue weighted by molar-refractivity contribution is 5.97. The molecule has 2 saturated carbocycles. The smallest absolute Gasteiger partial charge is 0.243 e. The standard InChI is InChI=1S/C32H38N4O4/c37-30-17-22(19-34(30)25-15-16-28-29(18-25)40-21-39-28)32-33-26-13-7-8-14-27(26)35(32)20-31(38)36(23-9-3-1-4-10-23)24-11-5-2-6-12-24/h7-8,13-16,18,22-24H,1-6,9-12,17,19-21H2. The molecule has 1 atom stereocenters. The Kier molecular flexibility index (Phi) is 6.86. The minimum atomic E-state index is -0.101. The summed E-state index contributed by atoms with van der Waals surface area (Å²) in [6.45, 7) is 0.995. The number of fused-ring (bicyclic) bond motifs is 2. The Balaban J connectivity index is 1.19. The maximum atomic E-state index is 14.3. The minimum absolute atomic E-state index is 0.0554. The molecule has 8 heteroatoms. The van der Waals surface area contributed by atoms with Crippen LogP contribution in [0.4, 0.5) is 5.69 Å². The summed E-state index contributed by atoms with van der Waals surface area (Å²) in [5.74, 6) is 2.36. The number of nitrogens with zero attached hydrogens (tertiary/aromatic N) is 4. The third kappa shape index (κ3) is 4.71. The van der Waals surface area contributed by atoms with Gasteiger partial charge < -0.3 is 23.8 Å². The molecule has 0 spiro atoms. The van der Waals surface area contributed by atoms with Crippen molar-refractivity contribution in [3.05, 3.63) is 48.3 Å². The van der Waals surface area contributed by atoms with Gasteiger partial charge in [0.05, 0.1) is 11.0 Å². The van der Waals surface area contributed by atoms with Crippen LogP contribution in [-0.2, 0) is 16.1 Å². The zero-order valence-electron chi connectivity index (χ0n) is 23.1. The van der Waals surface area contributed by atoms with Crippen LogP contribution in [0, 0.1) is 0 Å². The van der Waals surface area contributed by atoms with Crippen LogP contribution in [0.1, 0.15) is 82.4 Å². The highest BCUT2D eigenvalue weighted by Gasteiger charge is 2.37. The van der Waals surface area contributed by atoms with Crippen LogP contribution < -0.4 is 14.4 Å². The Hall–Kier alpha value is -3.55. The normalized spacial score (nSPS) is 21.9. The van der Waals surface area contributed by atoms with E-state index in [2.05, 4.69) is 15.5 Å². The molecule has 8 nitrogen and oxygen atoms in total. The van der Waals surface area contributed by atoms with Gasteiger partial charge in [0.25, 0.3) is 0 Å². The number of amides is 2. The Labute approximate surface area is 235 Å². The van der Waals surface area contributed by atoms with E-state index in [1.807, 2.05) is 41.3 Å². The average molecular weight is 543 g/mol. The number of carbonyl (C=O) groups excluding carboxylic acids is 2. The zero-order chi connectivity index (χ0) is 27.1. The van der Waals surface area contributed by atoms with Crippen LogP contribution in [0.25, 0.3) is 11.0 Å². The van der Waals surface area contributed by atoms with E-state index in [0.29, 0.717) is 36.5 Å². The molecule has 2 aliphatic heterocycles. The number of ether oxygens (including phenoxy) is 2. The van der Waals surface area contributed by atoms with Crippen LogP contribution in [0.2, 0.25) is 0 Å². The van der Waals surface area contributed by atoms with E-state index in [-0.39, 0.29) is 31.1 Å². The maximum absolute atomic E-state index is 14.3. The van der Waals surface area contributed by atoms with Gasteiger partial charge in [-0.25, -0.2) is 4.98 Å². The zero-order valence-corrected chi connectivity index (χ0v) is 23.1. The minimum Gasteiger partial charge on any atom is -0.454 e. The summed E-state index contributed by atoms with van der Waals surface area (Å²) in [6.07, 6.45) is 12.2. The van der Waals surface area contributed by atoms with Crippen molar-refractivity contribution in [2.75, 3.05) is 18.2 Å². The van der Waals surface area contributed by atoms with Gasteiger partial charge in [0.2, 0.25) is 18.6 Å². The molecule has 2 aromatic carbocycles. The van der Waals surface area contributed by atoms with E-state index in [9.17, 15) is 9.59 Å². The quantitative estimate of drug-likeness (QED) is 0.395. The number of aromatic nitrogens is 2. The van der Waals surface area contributed by atoms with Crippen molar-refractivity contribution in [2.24, 2.45) is 0 Å². The van der Waals surface area contributed by atoms with Crippen molar-refractivity contribution >= 4 is 28.5 Å². The first-order valence-corrected chi connectivity index (χ1v) is 15.1.